The highest BCUT2D eigenvalue weighted by molar-refractivity contribution is 7.20. The van der Waals surface area contributed by atoms with E-state index < -0.39 is 18.5 Å². The zero-order valence-electron chi connectivity index (χ0n) is 19.1. The van der Waals surface area contributed by atoms with Crippen LogP contribution >= 0.6 is 11.3 Å². The van der Waals surface area contributed by atoms with E-state index in [1.165, 1.54) is 11.3 Å². The minimum atomic E-state index is -0.577. The molecule has 2 amide bonds. The molecule has 0 aliphatic heterocycles. The SMILES string of the molecule is Cc1nn(Cc2ccccc2)c2sc(C(=O)OCC(=O)Nc3ccccc3C(=O)NC3CC3)cc12. The number of fused-ring (bicyclic) bond motifs is 1. The van der Waals surface area contributed by atoms with Gasteiger partial charge in [0.25, 0.3) is 11.8 Å². The summed E-state index contributed by atoms with van der Waals surface area (Å²) in [5.41, 5.74) is 2.69. The Kier molecular flexibility index (Phi) is 6.33. The number of carbonyl (C=O) groups excluding carboxylic acids is 3. The highest BCUT2D eigenvalue weighted by Gasteiger charge is 2.25. The van der Waals surface area contributed by atoms with Gasteiger partial charge >= 0.3 is 5.97 Å². The third-order valence-corrected chi connectivity index (χ3v) is 6.80. The van der Waals surface area contributed by atoms with E-state index in [-0.39, 0.29) is 11.9 Å². The zero-order valence-corrected chi connectivity index (χ0v) is 19.9. The number of nitrogens with one attached hydrogen (secondary N) is 2. The van der Waals surface area contributed by atoms with Gasteiger partial charge < -0.3 is 15.4 Å². The van der Waals surface area contributed by atoms with Gasteiger partial charge in [0.1, 0.15) is 9.71 Å². The Balaban J connectivity index is 1.23. The Hall–Kier alpha value is -3.98. The number of anilines is 1. The van der Waals surface area contributed by atoms with Gasteiger partial charge in [-0.25, -0.2) is 4.79 Å². The molecule has 4 aromatic rings. The Labute approximate surface area is 205 Å². The molecule has 0 atom stereocenters. The number of thiophene rings is 1. The third kappa shape index (κ3) is 5.25. The van der Waals surface area contributed by atoms with Crippen molar-refractivity contribution >= 4 is 45.0 Å². The van der Waals surface area contributed by atoms with Crippen molar-refractivity contribution in [3.05, 3.63) is 82.4 Å². The van der Waals surface area contributed by atoms with E-state index >= 15 is 0 Å². The van der Waals surface area contributed by atoms with Crippen molar-refractivity contribution in [2.75, 3.05) is 11.9 Å². The number of amides is 2. The maximum Gasteiger partial charge on any atom is 0.348 e. The zero-order chi connectivity index (χ0) is 24.4. The van der Waals surface area contributed by atoms with Crippen LogP contribution in [0.3, 0.4) is 0 Å². The molecule has 5 rings (SSSR count). The summed E-state index contributed by atoms with van der Waals surface area (Å²) in [5, 5.41) is 11.1. The van der Waals surface area contributed by atoms with Crippen molar-refractivity contribution in [1.29, 1.82) is 0 Å². The molecule has 0 radical (unpaired) electrons. The summed E-state index contributed by atoms with van der Waals surface area (Å²) >= 11 is 1.29. The van der Waals surface area contributed by atoms with Crippen LogP contribution in [0, 0.1) is 6.92 Å². The summed E-state index contributed by atoms with van der Waals surface area (Å²) in [7, 11) is 0. The molecule has 1 saturated carbocycles. The maximum atomic E-state index is 12.7. The summed E-state index contributed by atoms with van der Waals surface area (Å²) in [6.45, 7) is 2.03. The highest BCUT2D eigenvalue weighted by Crippen LogP contribution is 2.29. The predicted octanol–water partition coefficient (Wildman–Crippen LogP) is 4.14. The van der Waals surface area contributed by atoms with E-state index in [2.05, 4.69) is 15.7 Å². The predicted molar refractivity (Wildman–Crippen MR) is 134 cm³/mol. The molecule has 35 heavy (non-hydrogen) atoms. The van der Waals surface area contributed by atoms with Gasteiger partial charge in [-0.3, -0.25) is 14.3 Å². The molecule has 2 heterocycles. The van der Waals surface area contributed by atoms with E-state index in [0.29, 0.717) is 22.7 Å². The van der Waals surface area contributed by atoms with Crippen molar-refractivity contribution in [3.63, 3.8) is 0 Å². The van der Waals surface area contributed by atoms with Gasteiger partial charge in [-0.15, -0.1) is 11.3 Å². The number of carbonyl (C=O) groups is 3. The van der Waals surface area contributed by atoms with Crippen LogP contribution in [0.2, 0.25) is 0 Å². The van der Waals surface area contributed by atoms with Crippen molar-refractivity contribution in [2.45, 2.75) is 32.4 Å². The summed E-state index contributed by atoms with van der Waals surface area (Å²) in [6, 6.07) is 18.7. The van der Waals surface area contributed by atoms with Crippen LogP contribution in [0.4, 0.5) is 5.69 Å². The molecule has 1 fully saturated rings. The Morgan fingerprint density at radius 3 is 2.60 bits per heavy atom. The second-order valence-corrected chi connectivity index (χ2v) is 9.51. The van der Waals surface area contributed by atoms with Gasteiger partial charge in [0.15, 0.2) is 6.61 Å². The summed E-state index contributed by atoms with van der Waals surface area (Å²) in [5.74, 6) is -1.32. The molecule has 0 saturated heterocycles. The number of esters is 1. The lowest BCUT2D eigenvalue weighted by atomic mass is 10.1. The number of benzene rings is 2. The van der Waals surface area contributed by atoms with Gasteiger partial charge in [0.2, 0.25) is 0 Å². The smallest absolute Gasteiger partial charge is 0.348 e. The Bertz CT molecular complexity index is 1410. The molecule has 1 aliphatic carbocycles. The number of hydrogen-bond acceptors (Lipinski definition) is 6. The first-order valence-electron chi connectivity index (χ1n) is 11.4. The third-order valence-electron chi connectivity index (χ3n) is 5.68. The fraction of sp³-hybridized carbons (Fsp3) is 0.231. The molecule has 1 aliphatic rings. The number of aryl methyl sites for hydroxylation is 1. The van der Waals surface area contributed by atoms with Crippen LogP contribution in [-0.4, -0.2) is 40.2 Å². The van der Waals surface area contributed by atoms with Crippen LogP contribution in [0.1, 0.15) is 44.1 Å². The second-order valence-electron chi connectivity index (χ2n) is 8.48. The lowest BCUT2D eigenvalue weighted by Crippen LogP contribution is -2.27. The monoisotopic (exact) mass is 488 g/mol. The molecule has 0 bridgehead atoms. The van der Waals surface area contributed by atoms with Crippen LogP contribution in [-0.2, 0) is 16.1 Å². The summed E-state index contributed by atoms with van der Waals surface area (Å²) in [6.07, 6.45) is 1.94. The van der Waals surface area contributed by atoms with Crippen molar-refractivity contribution in [3.8, 4) is 0 Å². The first-order chi connectivity index (χ1) is 17.0. The number of para-hydroxylation sites is 1. The van der Waals surface area contributed by atoms with Crippen LogP contribution in [0.25, 0.3) is 10.2 Å². The first-order valence-corrected chi connectivity index (χ1v) is 12.2. The largest absolute Gasteiger partial charge is 0.451 e. The van der Waals surface area contributed by atoms with E-state index in [4.69, 9.17) is 4.74 Å². The van der Waals surface area contributed by atoms with Gasteiger partial charge in [0, 0.05) is 11.4 Å². The fourth-order valence-electron chi connectivity index (χ4n) is 3.75. The van der Waals surface area contributed by atoms with E-state index in [9.17, 15) is 14.4 Å². The molecule has 2 aromatic heterocycles. The van der Waals surface area contributed by atoms with E-state index in [1.807, 2.05) is 41.9 Å². The lowest BCUT2D eigenvalue weighted by Gasteiger charge is -2.11. The van der Waals surface area contributed by atoms with Crippen molar-refractivity contribution in [1.82, 2.24) is 15.1 Å². The first kappa shape index (κ1) is 22.8. The van der Waals surface area contributed by atoms with Gasteiger partial charge in [-0.2, -0.15) is 5.10 Å². The minimum absolute atomic E-state index is 0.205. The lowest BCUT2D eigenvalue weighted by molar-refractivity contribution is -0.119. The molecule has 0 unspecified atom stereocenters. The number of aromatic nitrogens is 2. The van der Waals surface area contributed by atoms with Crippen molar-refractivity contribution < 1.29 is 19.1 Å². The van der Waals surface area contributed by atoms with Gasteiger partial charge in [0.05, 0.1) is 23.5 Å². The molecule has 9 heteroatoms. The quantitative estimate of drug-likeness (QED) is 0.363. The average Bonchev–Trinajstić information content (AvgIpc) is 3.47. The molecule has 178 valence electrons. The topological polar surface area (TPSA) is 102 Å². The highest BCUT2D eigenvalue weighted by atomic mass is 32.1. The van der Waals surface area contributed by atoms with Crippen LogP contribution in [0.5, 0.6) is 0 Å². The second kappa shape index (κ2) is 9.71. The number of hydrogen-bond donors (Lipinski definition) is 2. The summed E-state index contributed by atoms with van der Waals surface area (Å²) in [4.78, 5) is 38.8. The van der Waals surface area contributed by atoms with Gasteiger partial charge in [-0.1, -0.05) is 42.5 Å². The van der Waals surface area contributed by atoms with Gasteiger partial charge in [-0.05, 0) is 43.5 Å². The number of nitrogens with zero attached hydrogens (tertiary/aromatic N) is 2. The van der Waals surface area contributed by atoms with E-state index in [0.717, 1.165) is 34.3 Å². The molecule has 0 spiro atoms. The van der Waals surface area contributed by atoms with E-state index in [1.54, 1.807) is 30.3 Å². The molecule has 8 nitrogen and oxygen atoms in total. The molecular weight excluding hydrogens is 464 g/mol. The molecule has 2 N–H and O–H groups in total. The van der Waals surface area contributed by atoms with Crippen LogP contribution < -0.4 is 10.6 Å². The maximum absolute atomic E-state index is 12.7. The standard InChI is InChI=1S/C26H24N4O4S/c1-16-20-13-22(35-25(20)30(29-16)14-17-7-3-2-4-8-17)26(33)34-15-23(31)28-21-10-6-5-9-19(21)24(32)27-18-11-12-18/h2-10,13,18H,11-12,14-15H2,1H3,(H,27,32)(H,28,31). The normalized spacial score (nSPS) is 12.9. The Morgan fingerprint density at radius 2 is 1.83 bits per heavy atom. The Morgan fingerprint density at radius 1 is 1.09 bits per heavy atom. The number of rotatable bonds is 8. The van der Waals surface area contributed by atoms with Crippen molar-refractivity contribution in [2.24, 2.45) is 0 Å². The number of ether oxygens (including phenoxy) is 1. The summed E-state index contributed by atoms with van der Waals surface area (Å²) < 4.78 is 7.14. The average molecular weight is 489 g/mol. The van der Waals surface area contributed by atoms with Crippen LogP contribution in [0.15, 0.2) is 60.7 Å². The fourth-order valence-corrected chi connectivity index (χ4v) is 4.80. The molecular formula is C26H24N4O4S. The molecule has 2 aromatic carbocycles. The minimum Gasteiger partial charge on any atom is -0.451 e.